The van der Waals surface area contributed by atoms with Crippen molar-refractivity contribution >= 4 is 28.4 Å². The number of rotatable bonds is 6. The van der Waals surface area contributed by atoms with Gasteiger partial charge in [-0.1, -0.05) is 13.0 Å². The second kappa shape index (κ2) is 7.54. The number of fused-ring (bicyclic) bond motifs is 1. The van der Waals surface area contributed by atoms with Gasteiger partial charge in [-0.05, 0) is 37.1 Å². The molecule has 2 rings (SSSR count). The van der Waals surface area contributed by atoms with Gasteiger partial charge in [0.05, 0.1) is 11.2 Å². The van der Waals surface area contributed by atoms with E-state index in [9.17, 15) is 9.59 Å². The minimum Gasteiger partial charge on any atom is -0.356 e. The minimum atomic E-state index is -0.166. The van der Waals surface area contributed by atoms with E-state index < -0.39 is 0 Å². The molecule has 2 aromatic rings. The fourth-order valence-corrected chi connectivity index (χ4v) is 2.22. The fraction of sp³-hybridized carbons (Fsp3) is 0.353. The van der Waals surface area contributed by atoms with Gasteiger partial charge in [0, 0.05) is 31.0 Å². The number of amides is 2. The van der Waals surface area contributed by atoms with Gasteiger partial charge in [-0.2, -0.15) is 0 Å². The molecule has 0 atom stereocenters. The molecule has 1 aromatic carbocycles. The number of benzene rings is 1. The number of pyridine rings is 1. The van der Waals surface area contributed by atoms with E-state index >= 15 is 0 Å². The van der Waals surface area contributed by atoms with Crippen LogP contribution >= 0.6 is 0 Å². The van der Waals surface area contributed by atoms with E-state index in [0.717, 1.165) is 28.6 Å². The Kier molecular flexibility index (Phi) is 5.47. The SMILES string of the molecule is CCCNC(=O)CCC(=O)Nc1ccc(C)c2ncccc12. The maximum absolute atomic E-state index is 12.0. The molecule has 5 heteroatoms. The summed E-state index contributed by atoms with van der Waals surface area (Å²) in [6, 6.07) is 7.57. The minimum absolute atomic E-state index is 0.0903. The summed E-state index contributed by atoms with van der Waals surface area (Å²) in [4.78, 5) is 27.9. The molecule has 5 nitrogen and oxygen atoms in total. The number of aromatic nitrogens is 1. The molecule has 1 heterocycles. The van der Waals surface area contributed by atoms with Crippen molar-refractivity contribution < 1.29 is 9.59 Å². The lowest BCUT2D eigenvalue weighted by Crippen LogP contribution is -2.25. The number of anilines is 1. The summed E-state index contributed by atoms with van der Waals surface area (Å²) in [5.41, 5.74) is 2.67. The Morgan fingerprint density at radius 3 is 2.68 bits per heavy atom. The molecule has 0 spiro atoms. The Morgan fingerprint density at radius 1 is 1.14 bits per heavy atom. The van der Waals surface area contributed by atoms with Crippen LogP contribution in [0.3, 0.4) is 0 Å². The third-order valence-electron chi connectivity index (χ3n) is 3.40. The van der Waals surface area contributed by atoms with Gasteiger partial charge >= 0.3 is 0 Å². The lowest BCUT2D eigenvalue weighted by Gasteiger charge is -2.10. The Hall–Kier alpha value is -2.43. The van der Waals surface area contributed by atoms with Crippen molar-refractivity contribution in [1.82, 2.24) is 10.3 Å². The van der Waals surface area contributed by atoms with E-state index in [0.29, 0.717) is 6.54 Å². The molecular formula is C17H21N3O2. The van der Waals surface area contributed by atoms with Crippen molar-refractivity contribution in [2.24, 2.45) is 0 Å². The van der Waals surface area contributed by atoms with Gasteiger partial charge in [0.15, 0.2) is 0 Å². The van der Waals surface area contributed by atoms with Gasteiger partial charge in [0.1, 0.15) is 0 Å². The second-order valence-electron chi connectivity index (χ2n) is 5.23. The van der Waals surface area contributed by atoms with Gasteiger partial charge in [0.25, 0.3) is 0 Å². The van der Waals surface area contributed by atoms with Crippen LogP contribution in [0.1, 0.15) is 31.7 Å². The third-order valence-corrected chi connectivity index (χ3v) is 3.40. The van der Waals surface area contributed by atoms with Crippen molar-refractivity contribution in [2.75, 3.05) is 11.9 Å². The van der Waals surface area contributed by atoms with Crippen LogP contribution in [-0.4, -0.2) is 23.3 Å². The Labute approximate surface area is 130 Å². The predicted octanol–water partition coefficient (Wildman–Crippen LogP) is 2.79. The fourth-order valence-electron chi connectivity index (χ4n) is 2.22. The molecule has 0 aliphatic rings. The smallest absolute Gasteiger partial charge is 0.224 e. The number of hydrogen-bond donors (Lipinski definition) is 2. The first-order chi connectivity index (χ1) is 10.6. The Balaban J connectivity index is 2.00. The van der Waals surface area contributed by atoms with E-state index in [1.54, 1.807) is 6.20 Å². The highest BCUT2D eigenvalue weighted by Crippen LogP contribution is 2.24. The zero-order chi connectivity index (χ0) is 15.9. The molecule has 22 heavy (non-hydrogen) atoms. The number of nitrogens with zero attached hydrogens (tertiary/aromatic N) is 1. The summed E-state index contributed by atoms with van der Waals surface area (Å²) in [6.07, 6.45) is 3.00. The first-order valence-corrected chi connectivity index (χ1v) is 7.52. The Bertz CT molecular complexity index is 683. The van der Waals surface area contributed by atoms with Crippen molar-refractivity contribution in [1.29, 1.82) is 0 Å². The number of carbonyl (C=O) groups excluding carboxylic acids is 2. The number of aryl methyl sites for hydroxylation is 1. The van der Waals surface area contributed by atoms with Crippen LogP contribution in [0.5, 0.6) is 0 Å². The highest BCUT2D eigenvalue weighted by Gasteiger charge is 2.09. The van der Waals surface area contributed by atoms with Gasteiger partial charge in [-0.25, -0.2) is 0 Å². The van der Waals surface area contributed by atoms with Crippen LogP contribution < -0.4 is 10.6 Å². The van der Waals surface area contributed by atoms with E-state index in [2.05, 4.69) is 15.6 Å². The normalized spacial score (nSPS) is 10.5. The monoisotopic (exact) mass is 299 g/mol. The summed E-state index contributed by atoms with van der Waals surface area (Å²) in [5.74, 6) is -0.256. The van der Waals surface area contributed by atoms with Gasteiger partial charge in [-0.15, -0.1) is 0 Å². The van der Waals surface area contributed by atoms with Gasteiger partial charge < -0.3 is 10.6 Å². The largest absolute Gasteiger partial charge is 0.356 e. The van der Waals surface area contributed by atoms with E-state index in [4.69, 9.17) is 0 Å². The lowest BCUT2D eigenvalue weighted by atomic mass is 10.1. The van der Waals surface area contributed by atoms with Crippen LogP contribution in [-0.2, 0) is 9.59 Å². The Morgan fingerprint density at radius 2 is 1.91 bits per heavy atom. The summed E-state index contributed by atoms with van der Waals surface area (Å²) in [7, 11) is 0. The quantitative estimate of drug-likeness (QED) is 0.861. The molecular weight excluding hydrogens is 278 g/mol. The predicted molar refractivity (Wildman–Crippen MR) is 87.6 cm³/mol. The van der Waals surface area contributed by atoms with Crippen LogP contribution in [0, 0.1) is 6.92 Å². The highest BCUT2D eigenvalue weighted by molar-refractivity contribution is 6.02. The lowest BCUT2D eigenvalue weighted by molar-refractivity contribution is -0.124. The number of nitrogens with one attached hydrogen (secondary N) is 2. The number of hydrogen-bond acceptors (Lipinski definition) is 3. The molecule has 0 aliphatic heterocycles. The van der Waals surface area contributed by atoms with Crippen molar-refractivity contribution in [3.8, 4) is 0 Å². The van der Waals surface area contributed by atoms with Gasteiger partial charge in [-0.3, -0.25) is 14.6 Å². The summed E-state index contributed by atoms with van der Waals surface area (Å²) in [6.45, 7) is 4.62. The number of carbonyl (C=O) groups is 2. The zero-order valence-electron chi connectivity index (χ0n) is 13.0. The van der Waals surface area contributed by atoms with Crippen molar-refractivity contribution in [3.63, 3.8) is 0 Å². The van der Waals surface area contributed by atoms with Crippen molar-refractivity contribution in [3.05, 3.63) is 36.0 Å². The summed E-state index contributed by atoms with van der Waals surface area (Å²) < 4.78 is 0. The molecule has 0 radical (unpaired) electrons. The molecule has 0 saturated carbocycles. The third kappa shape index (κ3) is 4.04. The average molecular weight is 299 g/mol. The second-order valence-corrected chi connectivity index (χ2v) is 5.23. The molecule has 0 unspecified atom stereocenters. The molecule has 2 amide bonds. The molecule has 0 aliphatic carbocycles. The van der Waals surface area contributed by atoms with Crippen LogP contribution in [0.2, 0.25) is 0 Å². The summed E-state index contributed by atoms with van der Waals surface area (Å²) in [5, 5.41) is 6.53. The van der Waals surface area contributed by atoms with E-state index in [-0.39, 0.29) is 24.7 Å². The van der Waals surface area contributed by atoms with E-state index in [1.165, 1.54) is 0 Å². The van der Waals surface area contributed by atoms with Gasteiger partial charge in [0.2, 0.25) is 11.8 Å². The highest BCUT2D eigenvalue weighted by atomic mass is 16.2. The van der Waals surface area contributed by atoms with Crippen LogP contribution in [0.25, 0.3) is 10.9 Å². The molecule has 116 valence electrons. The topological polar surface area (TPSA) is 71.1 Å². The van der Waals surface area contributed by atoms with Crippen LogP contribution in [0.4, 0.5) is 5.69 Å². The first-order valence-electron chi connectivity index (χ1n) is 7.52. The maximum Gasteiger partial charge on any atom is 0.224 e. The van der Waals surface area contributed by atoms with Crippen LogP contribution in [0.15, 0.2) is 30.5 Å². The maximum atomic E-state index is 12.0. The molecule has 0 bridgehead atoms. The molecule has 2 N–H and O–H groups in total. The molecule has 0 fully saturated rings. The average Bonchev–Trinajstić information content (AvgIpc) is 2.54. The van der Waals surface area contributed by atoms with E-state index in [1.807, 2.05) is 38.1 Å². The summed E-state index contributed by atoms with van der Waals surface area (Å²) >= 11 is 0. The standard InChI is InChI=1S/C17H21N3O2/c1-3-10-18-15(21)8-9-16(22)20-14-7-6-12(2)17-13(14)5-4-11-19-17/h4-7,11H,3,8-10H2,1-2H3,(H,18,21)(H,20,22). The first kappa shape index (κ1) is 15.9. The molecule has 1 aromatic heterocycles. The molecule has 0 saturated heterocycles. The zero-order valence-corrected chi connectivity index (χ0v) is 13.0. The van der Waals surface area contributed by atoms with Crippen molar-refractivity contribution in [2.45, 2.75) is 33.1 Å².